The second-order valence-electron chi connectivity index (χ2n) is 28.4. The highest BCUT2D eigenvalue weighted by Crippen LogP contribution is 2.76. The second-order valence-corrected chi connectivity index (χ2v) is 28.4. The van der Waals surface area contributed by atoms with Gasteiger partial charge in [-0.25, -0.2) is 4.79 Å². The lowest BCUT2D eigenvalue weighted by atomic mass is 9.33. The van der Waals surface area contributed by atoms with E-state index >= 15 is 0 Å². The maximum atomic E-state index is 14.2. The van der Waals surface area contributed by atoms with Crippen molar-refractivity contribution in [3.05, 3.63) is 11.6 Å². The van der Waals surface area contributed by atoms with E-state index in [0.717, 1.165) is 11.9 Å². The van der Waals surface area contributed by atoms with E-state index < -0.39 is 230 Å². The lowest BCUT2D eigenvalue weighted by molar-refractivity contribution is -0.400. The summed E-state index contributed by atoms with van der Waals surface area (Å²) in [6.07, 6.45) is -36.8. The summed E-state index contributed by atoms with van der Waals surface area (Å²) in [5.74, 6) is -4.19. The Morgan fingerprint density at radius 3 is 1.88 bits per heavy atom. The van der Waals surface area contributed by atoms with Gasteiger partial charge in [-0.2, -0.15) is 0 Å². The maximum Gasteiger partial charge on any atom is 0.335 e. The topological polar surface area (TPSA) is 444 Å². The third-order valence-electron chi connectivity index (χ3n) is 22.4. The average molecular weight is 1260 g/mol. The van der Waals surface area contributed by atoms with Gasteiger partial charge in [0.25, 0.3) is 0 Å². The summed E-state index contributed by atoms with van der Waals surface area (Å²) >= 11 is 0. The zero-order valence-corrected chi connectivity index (χ0v) is 51.2. The number of ether oxygens (including phenoxy) is 10. The number of hydrogen-bond donors (Lipinski definition) is 14. The Balaban J connectivity index is 1.04. The van der Waals surface area contributed by atoms with Crippen LogP contribution >= 0.6 is 0 Å². The molecule has 31 atom stereocenters. The van der Waals surface area contributed by atoms with Crippen LogP contribution in [0.2, 0.25) is 0 Å². The van der Waals surface area contributed by atoms with Gasteiger partial charge in [-0.3, -0.25) is 9.59 Å². The number of carbonyl (C=O) groups excluding carboxylic acids is 3. The molecule has 0 bridgehead atoms. The molecule has 4 heterocycles. The zero-order chi connectivity index (χ0) is 64.9. The lowest BCUT2D eigenvalue weighted by Gasteiger charge is -2.72. The van der Waals surface area contributed by atoms with Gasteiger partial charge in [-0.05, 0) is 84.9 Å². The zero-order valence-electron chi connectivity index (χ0n) is 51.2. The molecule has 14 N–H and O–H groups in total. The van der Waals surface area contributed by atoms with Crippen molar-refractivity contribution in [2.24, 2.45) is 56.2 Å². The van der Waals surface area contributed by atoms with Crippen LogP contribution in [0.15, 0.2) is 11.6 Å². The minimum absolute atomic E-state index is 0.0361. The molecule has 0 amide bonds. The van der Waals surface area contributed by atoms with Crippen molar-refractivity contribution in [1.82, 2.24) is 0 Å². The summed E-state index contributed by atoms with van der Waals surface area (Å²) in [5, 5.41) is 155. The highest BCUT2D eigenvalue weighted by molar-refractivity contribution is 5.73. The van der Waals surface area contributed by atoms with Crippen molar-refractivity contribution < 1.29 is 138 Å². The van der Waals surface area contributed by atoms with Crippen molar-refractivity contribution in [2.45, 2.75) is 255 Å². The Morgan fingerprint density at radius 2 is 1.27 bits per heavy atom. The van der Waals surface area contributed by atoms with Gasteiger partial charge in [0.05, 0.1) is 49.5 Å². The molecule has 5 aliphatic carbocycles. The quantitative estimate of drug-likeness (QED) is 0.0308. The number of aliphatic hydroxyl groups excluding tert-OH is 13. The number of hydrogen-bond acceptors (Lipinski definition) is 27. The SMILES string of the molecule is CC(=O)O[C@H]1[C@H](OC(=O)CC(C)C)C(C)(C)C[C@@H]2C3=CC[C@@H]4[C@@]5(C)CC[C@H](O[C@@H]6O[C@H](C(=O)O)[C@@H](O)[C@H](O[C@@H]7O[C@H](CO)[C@H](O)[C@H](O[C@@H]8OC[C@H](O)[C@H](O)[C@H]8O)[C@H]7O)[C@H]6O[C@@H]6O[C@H](CO)[C@H](O)[C@H](O)[C@H]6O)[C@@](C)(C=O)[C@H]5CC[C@@]4(C)[C@]3(C)C[C@@H](O)[C@]21CO. The smallest absolute Gasteiger partial charge is 0.335 e. The summed E-state index contributed by atoms with van der Waals surface area (Å²) in [6.45, 7) is 13.9. The van der Waals surface area contributed by atoms with Crippen molar-refractivity contribution >= 4 is 24.2 Å². The number of rotatable bonds is 17. The molecule has 4 saturated carbocycles. The summed E-state index contributed by atoms with van der Waals surface area (Å²) in [7, 11) is 0. The normalized spacial score (nSPS) is 50.9. The molecule has 4 saturated heterocycles. The Labute approximate surface area is 509 Å². The van der Waals surface area contributed by atoms with Crippen molar-refractivity contribution in [1.29, 1.82) is 0 Å². The Hall–Kier alpha value is -3.02. The predicted octanol–water partition coefficient (Wildman–Crippen LogP) is -2.57. The number of carbonyl (C=O) groups is 4. The molecule has 28 nitrogen and oxygen atoms in total. The number of allylic oxidation sites excluding steroid dienone is 2. The minimum atomic E-state index is -2.34. The third kappa shape index (κ3) is 11.5. The van der Waals surface area contributed by atoms with E-state index in [1.165, 1.54) is 6.92 Å². The molecule has 0 aromatic heterocycles. The van der Waals surface area contributed by atoms with E-state index in [1.807, 2.05) is 27.7 Å². The van der Waals surface area contributed by atoms with Gasteiger partial charge in [0.2, 0.25) is 0 Å². The first kappa shape index (κ1) is 69.3. The monoisotopic (exact) mass is 1260 g/mol. The highest BCUT2D eigenvalue weighted by Gasteiger charge is 2.74. The van der Waals surface area contributed by atoms with Crippen LogP contribution in [-0.2, 0) is 66.5 Å². The van der Waals surface area contributed by atoms with Gasteiger partial charge in [0.1, 0.15) is 104 Å². The van der Waals surface area contributed by atoms with Crippen LogP contribution in [0.1, 0.15) is 114 Å². The van der Waals surface area contributed by atoms with E-state index in [1.54, 1.807) is 6.92 Å². The second kappa shape index (κ2) is 25.7. The number of aliphatic carboxylic acids is 1. The van der Waals surface area contributed by atoms with Gasteiger partial charge in [-0.1, -0.05) is 67.0 Å². The molecular formula is C60H94O28. The summed E-state index contributed by atoms with van der Waals surface area (Å²) in [6, 6.07) is 0. The third-order valence-corrected chi connectivity index (χ3v) is 22.4. The van der Waals surface area contributed by atoms with Crippen LogP contribution in [0, 0.1) is 56.2 Å². The molecule has 28 heteroatoms. The van der Waals surface area contributed by atoms with E-state index in [9.17, 15) is 90.7 Å². The van der Waals surface area contributed by atoms with Crippen molar-refractivity contribution in [3.8, 4) is 0 Å². The van der Waals surface area contributed by atoms with Crippen molar-refractivity contribution in [2.75, 3.05) is 26.4 Å². The molecule has 0 aromatic carbocycles. The fraction of sp³-hybridized carbons (Fsp3) is 0.900. The Kier molecular flexibility index (Phi) is 20.3. The fourth-order valence-corrected chi connectivity index (χ4v) is 17.5. The first-order valence-electron chi connectivity index (χ1n) is 30.8. The first-order valence-corrected chi connectivity index (χ1v) is 30.8. The molecule has 0 aromatic rings. The molecule has 0 spiro atoms. The standard InChI is InChI=1S/C60H94O28/c1-24(2)16-35(68)84-48-49(80-25(3)65)60(23-64)27(17-55(48,4)5)26-10-11-32-56(6)14-13-34(57(7,22-63)31(56)12-15-58(32,8)59(26,9)18-33(60)67)83-54-47(88-52-41(74)39(72)37(70)29(19-61)81-52)45(42(75)46(87-54)50(77)78)86-53-43(76)44(38(71)30(20-62)82-53)85-51-40(73)36(69)28(66)21-79-51/h10,22,24,27-34,36-49,51-54,61-62,64,66-67,69-76H,11-21,23H2,1-9H3,(H,77,78)/t27-,28+,29-,30-,31+,32-,33-,34+,36+,37+,38+,39+,40-,41-,42+,43-,44+,45+,46+,47-,48+,49+,51+,52+,53+,54-,56+,57+,58-,59-,60+/m1/s1. The molecule has 9 rings (SSSR count). The molecule has 9 aliphatic rings. The van der Waals surface area contributed by atoms with E-state index in [-0.39, 0.29) is 31.1 Å². The first-order chi connectivity index (χ1) is 41.1. The minimum Gasteiger partial charge on any atom is -0.479 e. The molecule has 88 heavy (non-hydrogen) atoms. The van der Waals surface area contributed by atoms with Gasteiger partial charge >= 0.3 is 17.9 Å². The molecule has 8 fully saturated rings. The van der Waals surface area contributed by atoms with Gasteiger partial charge in [-0.15, -0.1) is 0 Å². The van der Waals surface area contributed by atoms with Gasteiger partial charge in [0, 0.05) is 18.8 Å². The number of carboxylic acid groups (broad SMARTS) is 1. The Morgan fingerprint density at radius 1 is 0.659 bits per heavy atom. The van der Waals surface area contributed by atoms with Crippen LogP contribution in [0.5, 0.6) is 0 Å². The van der Waals surface area contributed by atoms with Crippen LogP contribution in [-0.4, -0.2) is 263 Å². The van der Waals surface area contributed by atoms with E-state index in [0.29, 0.717) is 32.1 Å². The van der Waals surface area contributed by atoms with Crippen LogP contribution in [0.3, 0.4) is 0 Å². The summed E-state index contributed by atoms with van der Waals surface area (Å²) < 4.78 is 60.2. The predicted molar refractivity (Wildman–Crippen MR) is 295 cm³/mol. The molecule has 4 aliphatic heterocycles. The number of carboxylic acids is 1. The van der Waals surface area contributed by atoms with Gasteiger partial charge < -0.3 is 124 Å². The number of aliphatic hydroxyl groups is 13. The van der Waals surface area contributed by atoms with Crippen molar-refractivity contribution in [3.63, 3.8) is 0 Å². The average Bonchev–Trinajstić information content (AvgIpc) is 0.686. The summed E-state index contributed by atoms with van der Waals surface area (Å²) in [5.41, 5.74) is -4.76. The molecular weight excluding hydrogens is 1170 g/mol. The number of fused-ring (bicyclic) bond motifs is 7. The molecule has 0 radical (unpaired) electrons. The Bertz CT molecular complexity index is 2540. The molecule has 502 valence electrons. The lowest BCUT2D eigenvalue weighted by Crippen LogP contribution is -2.72. The maximum absolute atomic E-state index is 14.2. The summed E-state index contributed by atoms with van der Waals surface area (Å²) in [4.78, 5) is 53.8. The van der Waals surface area contributed by atoms with Crippen LogP contribution < -0.4 is 0 Å². The largest absolute Gasteiger partial charge is 0.479 e. The van der Waals surface area contributed by atoms with E-state index in [2.05, 4.69) is 26.8 Å². The van der Waals surface area contributed by atoms with E-state index in [4.69, 9.17) is 47.4 Å². The molecule has 0 unspecified atom stereocenters. The van der Waals surface area contributed by atoms with Crippen LogP contribution in [0.25, 0.3) is 0 Å². The van der Waals surface area contributed by atoms with Gasteiger partial charge in [0.15, 0.2) is 31.3 Å². The van der Waals surface area contributed by atoms with Crippen LogP contribution in [0.4, 0.5) is 0 Å². The number of esters is 2. The highest BCUT2D eigenvalue weighted by atomic mass is 16.8. The number of aldehydes is 1. The fourth-order valence-electron chi connectivity index (χ4n) is 17.5.